The van der Waals surface area contributed by atoms with Gasteiger partial charge in [-0.05, 0) is 63.2 Å². The topological polar surface area (TPSA) is 61.4 Å². The minimum Gasteiger partial charge on any atom is -0.307 e. The van der Waals surface area contributed by atoms with E-state index >= 15 is 0 Å². The van der Waals surface area contributed by atoms with E-state index in [4.69, 9.17) is 0 Å². The van der Waals surface area contributed by atoms with Crippen LogP contribution >= 0.6 is 11.3 Å². The van der Waals surface area contributed by atoms with Crippen molar-refractivity contribution < 1.29 is 9.59 Å². The van der Waals surface area contributed by atoms with Crippen molar-refractivity contribution in [1.29, 1.82) is 0 Å². The monoisotopic (exact) mass is 371 g/mol. The molecule has 138 valence electrons. The molecule has 3 amide bonds. The Kier molecular flexibility index (Phi) is 5.74. The molecule has 2 unspecified atom stereocenters. The number of carbonyl (C=O) groups excluding carboxylic acids is 2. The zero-order chi connectivity index (χ0) is 18.7. The van der Waals surface area contributed by atoms with E-state index in [2.05, 4.69) is 27.0 Å². The van der Waals surface area contributed by atoms with Crippen molar-refractivity contribution in [2.75, 3.05) is 11.9 Å². The first kappa shape index (κ1) is 18.6. The molecule has 1 saturated heterocycles. The molecule has 5 nitrogen and oxygen atoms in total. The van der Waals surface area contributed by atoms with E-state index in [-0.39, 0.29) is 18.0 Å². The Bertz CT molecular complexity index is 788. The molecule has 2 atom stereocenters. The summed E-state index contributed by atoms with van der Waals surface area (Å²) in [7, 11) is 0. The summed E-state index contributed by atoms with van der Waals surface area (Å²) < 4.78 is 0. The van der Waals surface area contributed by atoms with E-state index in [1.165, 1.54) is 4.88 Å². The van der Waals surface area contributed by atoms with E-state index in [1.807, 2.05) is 45.0 Å². The first-order valence-electron chi connectivity index (χ1n) is 8.94. The number of aryl methyl sites for hydroxylation is 2. The zero-order valence-electron chi connectivity index (χ0n) is 15.4. The zero-order valence-corrected chi connectivity index (χ0v) is 16.2. The highest BCUT2D eigenvalue weighted by atomic mass is 32.1. The quantitative estimate of drug-likeness (QED) is 0.845. The number of nitrogens with one attached hydrogen (secondary N) is 2. The first-order chi connectivity index (χ1) is 12.5. The number of hydrogen-bond donors (Lipinski definition) is 2. The predicted octanol–water partition coefficient (Wildman–Crippen LogP) is 4.24. The highest BCUT2D eigenvalue weighted by molar-refractivity contribution is 7.10. The van der Waals surface area contributed by atoms with E-state index < -0.39 is 6.03 Å². The molecule has 0 aliphatic carbocycles. The molecule has 1 aromatic carbocycles. The molecular weight excluding hydrogens is 346 g/mol. The lowest BCUT2D eigenvalue weighted by atomic mass is 10.1. The molecule has 1 aliphatic heterocycles. The van der Waals surface area contributed by atoms with E-state index in [1.54, 1.807) is 11.3 Å². The van der Waals surface area contributed by atoms with Crippen LogP contribution in [0.4, 0.5) is 10.5 Å². The number of amides is 3. The Balaban J connectivity index is 1.60. The summed E-state index contributed by atoms with van der Waals surface area (Å²) in [5.74, 6) is -0.268. The standard InChI is InChI=1S/C20H25N3O2S/c1-13-8-9-16(14(2)12-13)21-20(25)22-19(24)15(3)23-10-4-6-17(23)18-7-5-11-26-18/h5,7-9,11-12,15,17H,4,6,10H2,1-3H3,(H2,21,22,24,25). The van der Waals surface area contributed by atoms with Crippen molar-refractivity contribution in [2.45, 2.75) is 45.7 Å². The number of benzene rings is 1. The van der Waals surface area contributed by atoms with Gasteiger partial charge in [0, 0.05) is 16.6 Å². The normalized spacial score (nSPS) is 18.5. The maximum Gasteiger partial charge on any atom is 0.325 e. The minimum absolute atomic E-state index is 0.262. The van der Waals surface area contributed by atoms with Crippen LogP contribution in [0.5, 0.6) is 0 Å². The Hall–Kier alpha value is -2.18. The lowest BCUT2D eigenvalue weighted by Crippen LogP contribution is -2.47. The average molecular weight is 372 g/mol. The maximum absolute atomic E-state index is 12.6. The number of hydrogen-bond acceptors (Lipinski definition) is 4. The van der Waals surface area contributed by atoms with Gasteiger partial charge >= 0.3 is 6.03 Å². The molecule has 2 aromatic rings. The largest absolute Gasteiger partial charge is 0.325 e. The van der Waals surface area contributed by atoms with E-state index in [0.29, 0.717) is 5.69 Å². The summed E-state index contributed by atoms with van der Waals surface area (Å²) in [5, 5.41) is 7.31. The summed E-state index contributed by atoms with van der Waals surface area (Å²) in [4.78, 5) is 28.3. The smallest absolute Gasteiger partial charge is 0.307 e. The number of rotatable bonds is 4. The molecule has 1 fully saturated rings. The highest BCUT2D eigenvalue weighted by Crippen LogP contribution is 2.35. The van der Waals surface area contributed by atoms with Crippen LogP contribution in [-0.4, -0.2) is 29.4 Å². The summed E-state index contributed by atoms with van der Waals surface area (Å²) in [6.45, 7) is 6.67. The van der Waals surface area contributed by atoms with Crippen LogP contribution in [0.25, 0.3) is 0 Å². The van der Waals surface area contributed by atoms with Gasteiger partial charge < -0.3 is 5.32 Å². The summed E-state index contributed by atoms with van der Waals surface area (Å²) in [6, 6.07) is 9.36. The second kappa shape index (κ2) is 8.01. The van der Waals surface area contributed by atoms with Crippen molar-refractivity contribution in [3.63, 3.8) is 0 Å². The van der Waals surface area contributed by atoms with Crippen molar-refractivity contribution >= 4 is 29.0 Å². The number of thiophene rings is 1. The third kappa shape index (κ3) is 4.14. The van der Waals surface area contributed by atoms with Gasteiger partial charge in [0.05, 0.1) is 6.04 Å². The summed E-state index contributed by atoms with van der Waals surface area (Å²) in [5.41, 5.74) is 2.82. The van der Waals surface area contributed by atoms with Crippen LogP contribution in [0, 0.1) is 13.8 Å². The van der Waals surface area contributed by atoms with Gasteiger partial charge in [-0.3, -0.25) is 15.0 Å². The number of carbonyl (C=O) groups is 2. The fraction of sp³-hybridized carbons (Fsp3) is 0.400. The number of likely N-dealkylation sites (tertiary alicyclic amines) is 1. The molecule has 1 aromatic heterocycles. The third-order valence-electron chi connectivity index (χ3n) is 4.91. The molecular formula is C20H25N3O2S. The Morgan fingerprint density at radius 2 is 2.08 bits per heavy atom. The van der Waals surface area contributed by atoms with Crippen LogP contribution in [0.3, 0.4) is 0 Å². The fourth-order valence-corrected chi connectivity index (χ4v) is 4.40. The molecule has 26 heavy (non-hydrogen) atoms. The lowest BCUT2D eigenvalue weighted by molar-refractivity contribution is -0.125. The van der Waals surface area contributed by atoms with Crippen LogP contribution in [0.1, 0.15) is 41.8 Å². The van der Waals surface area contributed by atoms with Crippen LogP contribution in [0.2, 0.25) is 0 Å². The van der Waals surface area contributed by atoms with Crippen molar-refractivity contribution in [1.82, 2.24) is 10.2 Å². The van der Waals surface area contributed by atoms with Crippen LogP contribution in [0.15, 0.2) is 35.7 Å². The Morgan fingerprint density at radius 3 is 2.77 bits per heavy atom. The Labute approximate surface area is 158 Å². The Morgan fingerprint density at radius 1 is 1.27 bits per heavy atom. The number of anilines is 1. The predicted molar refractivity (Wildman–Crippen MR) is 106 cm³/mol. The number of imide groups is 1. The van der Waals surface area contributed by atoms with Gasteiger partial charge in [-0.25, -0.2) is 4.79 Å². The molecule has 0 saturated carbocycles. The molecule has 2 N–H and O–H groups in total. The van der Waals surface area contributed by atoms with Gasteiger partial charge in [-0.1, -0.05) is 23.8 Å². The molecule has 3 rings (SSSR count). The number of urea groups is 1. The molecule has 6 heteroatoms. The second-order valence-corrected chi connectivity index (χ2v) is 7.83. The first-order valence-corrected chi connectivity index (χ1v) is 9.82. The van der Waals surface area contributed by atoms with Gasteiger partial charge in [0.15, 0.2) is 0 Å². The molecule has 0 radical (unpaired) electrons. The fourth-order valence-electron chi connectivity index (χ4n) is 3.51. The van der Waals surface area contributed by atoms with Gasteiger partial charge in [-0.15, -0.1) is 11.3 Å². The second-order valence-electron chi connectivity index (χ2n) is 6.85. The van der Waals surface area contributed by atoms with Gasteiger partial charge in [0.25, 0.3) is 0 Å². The maximum atomic E-state index is 12.6. The highest BCUT2D eigenvalue weighted by Gasteiger charge is 2.33. The van der Waals surface area contributed by atoms with E-state index in [9.17, 15) is 9.59 Å². The molecule has 0 bridgehead atoms. The lowest BCUT2D eigenvalue weighted by Gasteiger charge is -2.29. The minimum atomic E-state index is -0.485. The molecule has 1 aliphatic rings. The summed E-state index contributed by atoms with van der Waals surface area (Å²) in [6.07, 6.45) is 2.11. The van der Waals surface area contributed by atoms with Crippen LogP contribution < -0.4 is 10.6 Å². The summed E-state index contributed by atoms with van der Waals surface area (Å²) >= 11 is 1.72. The van der Waals surface area contributed by atoms with Crippen LogP contribution in [-0.2, 0) is 4.79 Å². The molecule has 2 heterocycles. The van der Waals surface area contributed by atoms with Gasteiger partial charge in [0.1, 0.15) is 0 Å². The third-order valence-corrected chi connectivity index (χ3v) is 5.88. The van der Waals surface area contributed by atoms with Gasteiger partial charge in [0.2, 0.25) is 5.91 Å². The van der Waals surface area contributed by atoms with Gasteiger partial charge in [-0.2, -0.15) is 0 Å². The van der Waals surface area contributed by atoms with E-state index in [0.717, 1.165) is 30.5 Å². The average Bonchev–Trinajstić information content (AvgIpc) is 3.27. The van der Waals surface area contributed by atoms with Crippen molar-refractivity contribution in [3.05, 3.63) is 51.7 Å². The number of nitrogens with zero attached hydrogens (tertiary/aromatic N) is 1. The SMILES string of the molecule is Cc1ccc(NC(=O)NC(=O)C(C)N2CCCC2c2cccs2)c(C)c1. The molecule has 0 spiro atoms. The van der Waals surface area contributed by atoms with Crippen molar-refractivity contribution in [3.8, 4) is 0 Å². The van der Waals surface area contributed by atoms with Crippen molar-refractivity contribution in [2.24, 2.45) is 0 Å².